The number of halogens is 2. The highest BCUT2D eigenvalue weighted by molar-refractivity contribution is 7.21. The van der Waals surface area contributed by atoms with Gasteiger partial charge in [-0.1, -0.05) is 35.3 Å². The van der Waals surface area contributed by atoms with Gasteiger partial charge in [0.25, 0.3) is 0 Å². The molecule has 2 heterocycles. The molecule has 4 aromatic rings. The van der Waals surface area contributed by atoms with Crippen molar-refractivity contribution < 1.29 is 4.42 Å². The van der Waals surface area contributed by atoms with Crippen molar-refractivity contribution in [3.05, 3.63) is 64.6 Å². The third-order valence-corrected chi connectivity index (χ3v) is 4.92. The molecule has 0 bridgehead atoms. The van der Waals surface area contributed by atoms with E-state index in [1.54, 1.807) is 29.5 Å². The first-order valence-corrected chi connectivity index (χ1v) is 8.19. The minimum Gasteiger partial charge on any atom is -0.454 e. The predicted molar refractivity (Wildman–Crippen MR) is 92.8 cm³/mol. The number of fused-ring (bicyclic) bond motifs is 1. The van der Waals surface area contributed by atoms with Crippen LogP contribution in [-0.4, -0.2) is 4.98 Å². The molecule has 22 heavy (non-hydrogen) atoms. The van der Waals surface area contributed by atoms with Gasteiger partial charge in [-0.25, -0.2) is 4.98 Å². The third kappa shape index (κ3) is 2.41. The van der Waals surface area contributed by atoms with Crippen molar-refractivity contribution in [3.63, 3.8) is 0 Å². The van der Waals surface area contributed by atoms with Crippen molar-refractivity contribution in [1.82, 2.24) is 4.98 Å². The van der Waals surface area contributed by atoms with Gasteiger partial charge in [0.15, 0.2) is 10.8 Å². The maximum Gasteiger partial charge on any atom is 0.163 e. The van der Waals surface area contributed by atoms with Crippen LogP contribution in [0.1, 0.15) is 0 Å². The number of aromatic nitrogens is 1. The maximum absolute atomic E-state index is 6.22. The smallest absolute Gasteiger partial charge is 0.163 e. The Bertz CT molecular complexity index is 941. The van der Waals surface area contributed by atoms with E-state index in [1.165, 1.54) is 0 Å². The SMILES string of the molecule is Clc1ccc(Cl)c(-c2ccc(-c3nc4ccccc4s3)o2)c1. The Morgan fingerprint density at radius 2 is 1.73 bits per heavy atom. The molecule has 0 spiro atoms. The van der Waals surface area contributed by atoms with E-state index in [0.29, 0.717) is 15.8 Å². The average molecular weight is 346 g/mol. The zero-order valence-corrected chi connectivity index (χ0v) is 13.5. The van der Waals surface area contributed by atoms with Gasteiger partial charge in [-0.05, 0) is 42.5 Å². The Morgan fingerprint density at radius 1 is 0.909 bits per heavy atom. The van der Waals surface area contributed by atoms with E-state index in [-0.39, 0.29) is 0 Å². The van der Waals surface area contributed by atoms with Crippen LogP contribution in [0.4, 0.5) is 0 Å². The Hall–Kier alpha value is -1.81. The van der Waals surface area contributed by atoms with Crippen molar-refractivity contribution >= 4 is 44.8 Å². The van der Waals surface area contributed by atoms with Gasteiger partial charge in [0, 0.05) is 10.6 Å². The van der Waals surface area contributed by atoms with Crippen LogP contribution < -0.4 is 0 Å². The second-order valence-corrected chi connectivity index (χ2v) is 6.65. The number of nitrogens with zero attached hydrogens (tertiary/aromatic N) is 1. The lowest BCUT2D eigenvalue weighted by atomic mass is 10.2. The molecule has 4 rings (SSSR count). The van der Waals surface area contributed by atoms with Gasteiger partial charge < -0.3 is 4.42 Å². The highest BCUT2D eigenvalue weighted by Gasteiger charge is 2.13. The summed E-state index contributed by atoms with van der Waals surface area (Å²) in [5.74, 6) is 1.41. The molecule has 0 unspecified atom stereocenters. The van der Waals surface area contributed by atoms with Crippen molar-refractivity contribution in [1.29, 1.82) is 0 Å². The molecule has 108 valence electrons. The second-order valence-electron chi connectivity index (χ2n) is 4.77. The summed E-state index contributed by atoms with van der Waals surface area (Å²) in [4.78, 5) is 4.60. The summed E-state index contributed by atoms with van der Waals surface area (Å²) in [6.07, 6.45) is 0. The molecule has 0 amide bonds. The van der Waals surface area contributed by atoms with Gasteiger partial charge in [0.05, 0.1) is 15.2 Å². The number of thiazole rings is 1. The number of benzene rings is 2. The largest absolute Gasteiger partial charge is 0.454 e. The molecule has 0 aliphatic heterocycles. The van der Waals surface area contributed by atoms with Crippen molar-refractivity contribution in [3.8, 4) is 22.1 Å². The highest BCUT2D eigenvalue weighted by atomic mass is 35.5. The zero-order valence-electron chi connectivity index (χ0n) is 11.2. The standard InChI is InChI=1S/C17H9Cl2NOS/c18-10-5-6-12(19)11(9-10)14-7-8-15(21-14)17-20-13-3-1-2-4-16(13)22-17/h1-9H. The first-order chi connectivity index (χ1) is 10.7. The van der Waals surface area contributed by atoms with Crippen LogP contribution in [0.2, 0.25) is 10.0 Å². The van der Waals surface area contributed by atoms with E-state index in [2.05, 4.69) is 4.98 Å². The second kappa shape index (κ2) is 5.43. The molecule has 0 fully saturated rings. The van der Waals surface area contributed by atoms with E-state index in [1.807, 2.05) is 36.4 Å². The molecule has 2 aromatic heterocycles. The number of furan rings is 1. The molecule has 0 N–H and O–H groups in total. The molecule has 2 aromatic carbocycles. The molecule has 0 saturated carbocycles. The monoisotopic (exact) mass is 345 g/mol. The van der Waals surface area contributed by atoms with Crippen molar-refractivity contribution in [2.75, 3.05) is 0 Å². The fourth-order valence-electron chi connectivity index (χ4n) is 2.26. The maximum atomic E-state index is 6.22. The van der Waals surface area contributed by atoms with E-state index >= 15 is 0 Å². The summed E-state index contributed by atoms with van der Waals surface area (Å²) >= 11 is 13.9. The molecule has 2 nitrogen and oxygen atoms in total. The van der Waals surface area contributed by atoms with Gasteiger partial charge in [-0.3, -0.25) is 0 Å². The van der Waals surface area contributed by atoms with Crippen LogP contribution in [0.3, 0.4) is 0 Å². The van der Waals surface area contributed by atoms with Crippen LogP contribution in [-0.2, 0) is 0 Å². The number of hydrogen-bond acceptors (Lipinski definition) is 3. The molecular formula is C17H9Cl2NOS. The van der Waals surface area contributed by atoms with Crippen LogP contribution in [0.5, 0.6) is 0 Å². The summed E-state index contributed by atoms with van der Waals surface area (Å²) in [5.41, 5.74) is 1.75. The lowest BCUT2D eigenvalue weighted by Gasteiger charge is -2.01. The van der Waals surface area contributed by atoms with Gasteiger partial charge in [0.2, 0.25) is 0 Å². The van der Waals surface area contributed by atoms with E-state index in [4.69, 9.17) is 27.6 Å². The third-order valence-electron chi connectivity index (χ3n) is 3.30. The first kappa shape index (κ1) is 13.8. The van der Waals surface area contributed by atoms with Gasteiger partial charge in [0.1, 0.15) is 5.76 Å². The predicted octanol–water partition coefficient (Wildman–Crippen LogP) is 6.53. The lowest BCUT2D eigenvalue weighted by molar-refractivity contribution is 0.597. The highest BCUT2D eigenvalue weighted by Crippen LogP contribution is 2.36. The fourth-order valence-corrected chi connectivity index (χ4v) is 3.57. The quantitative estimate of drug-likeness (QED) is 0.412. The number of hydrogen-bond donors (Lipinski definition) is 0. The first-order valence-electron chi connectivity index (χ1n) is 6.62. The summed E-state index contributed by atoms with van der Waals surface area (Å²) in [6.45, 7) is 0. The normalized spacial score (nSPS) is 11.2. The van der Waals surface area contributed by atoms with Crippen molar-refractivity contribution in [2.24, 2.45) is 0 Å². The molecule has 0 radical (unpaired) electrons. The van der Waals surface area contributed by atoms with Crippen LogP contribution in [0, 0.1) is 0 Å². The Kier molecular flexibility index (Phi) is 3.41. The Labute approximate surface area is 140 Å². The molecule has 0 saturated heterocycles. The molecule has 0 aliphatic rings. The lowest BCUT2D eigenvalue weighted by Crippen LogP contribution is -1.76. The molecule has 5 heteroatoms. The van der Waals surface area contributed by atoms with Gasteiger partial charge in [-0.2, -0.15) is 0 Å². The van der Waals surface area contributed by atoms with Crippen LogP contribution in [0.15, 0.2) is 59.0 Å². The van der Waals surface area contributed by atoms with Crippen LogP contribution >= 0.6 is 34.5 Å². The number of para-hydroxylation sites is 1. The summed E-state index contributed by atoms with van der Waals surface area (Å²) in [7, 11) is 0. The topological polar surface area (TPSA) is 26.0 Å². The Balaban J connectivity index is 1.79. The minimum atomic E-state index is 0.606. The van der Waals surface area contributed by atoms with E-state index < -0.39 is 0 Å². The van der Waals surface area contributed by atoms with Gasteiger partial charge in [-0.15, -0.1) is 11.3 Å². The minimum absolute atomic E-state index is 0.606. The van der Waals surface area contributed by atoms with E-state index in [9.17, 15) is 0 Å². The van der Waals surface area contributed by atoms with E-state index in [0.717, 1.165) is 26.5 Å². The van der Waals surface area contributed by atoms with Gasteiger partial charge >= 0.3 is 0 Å². The average Bonchev–Trinajstić information content (AvgIpc) is 3.15. The summed E-state index contributed by atoms with van der Waals surface area (Å²) in [5, 5.41) is 2.08. The molecular weight excluding hydrogens is 337 g/mol. The summed E-state index contributed by atoms with van der Waals surface area (Å²) in [6, 6.07) is 17.1. The zero-order chi connectivity index (χ0) is 15.1. The molecule has 0 atom stereocenters. The molecule has 0 aliphatic carbocycles. The Morgan fingerprint density at radius 3 is 2.59 bits per heavy atom. The summed E-state index contributed by atoms with van der Waals surface area (Å²) < 4.78 is 7.06. The number of rotatable bonds is 2. The fraction of sp³-hybridized carbons (Fsp3) is 0. The van der Waals surface area contributed by atoms with Crippen molar-refractivity contribution in [2.45, 2.75) is 0 Å². The van der Waals surface area contributed by atoms with Crippen LogP contribution in [0.25, 0.3) is 32.3 Å².